The Morgan fingerprint density at radius 1 is 0.837 bits per heavy atom. The van der Waals surface area contributed by atoms with Crippen molar-refractivity contribution in [1.29, 1.82) is 0 Å². The molecule has 0 aliphatic carbocycles. The number of aromatic nitrogens is 2. The van der Waals surface area contributed by atoms with Crippen molar-refractivity contribution in [1.82, 2.24) is 20.0 Å². The minimum absolute atomic E-state index is 0.132. The fraction of sp³-hybridized carbons (Fsp3) is 0.267. The van der Waals surface area contributed by atoms with Crippen LogP contribution in [0.4, 0.5) is 5.69 Å². The molecule has 5 rings (SSSR count). The van der Waals surface area contributed by atoms with Gasteiger partial charge in [-0.2, -0.15) is 8.81 Å². The molecule has 1 amide bonds. The van der Waals surface area contributed by atoms with Crippen molar-refractivity contribution < 1.29 is 26.4 Å². The summed E-state index contributed by atoms with van der Waals surface area (Å²) in [6.45, 7) is 4.20. The fourth-order valence-corrected chi connectivity index (χ4v) is 8.77. The summed E-state index contributed by atoms with van der Waals surface area (Å²) in [5.41, 5.74) is 1.62. The van der Waals surface area contributed by atoms with Crippen molar-refractivity contribution in [2.75, 3.05) is 43.1 Å². The van der Waals surface area contributed by atoms with E-state index in [9.17, 15) is 21.6 Å². The van der Waals surface area contributed by atoms with Gasteiger partial charge in [-0.1, -0.05) is 66.7 Å². The van der Waals surface area contributed by atoms with Gasteiger partial charge in [-0.15, -0.1) is 0 Å². The van der Waals surface area contributed by atoms with E-state index >= 15 is 0 Å². The van der Waals surface area contributed by atoms with Crippen molar-refractivity contribution in [3.63, 3.8) is 0 Å². The molecule has 0 unspecified atom stereocenters. The van der Waals surface area contributed by atoms with Gasteiger partial charge in [-0.05, 0) is 29.3 Å². The van der Waals surface area contributed by atoms with Crippen LogP contribution in [0.15, 0.2) is 97.3 Å². The van der Waals surface area contributed by atoms with Crippen LogP contribution in [0.25, 0.3) is 5.69 Å². The molecule has 0 atom stereocenters. The number of hydrogen-bond acceptors (Lipinski definition) is 8. The van der Waals surface area contributed by atoms with Crippen LogP contribution in [0.2, 0.25) is 0 Å². The lowest BCUT2D eigenvalue weighted by molar-refractivity contribution is 0.0383. The molecule has 1 aromatic heterocycles. The van der Waals surface area contributed by atoms with Crippen molar-refractivity contribution in [2.24, 2.45) is 0 Å². The van der Waals surface area contributed by atoms with Crippen LogP contribution in [0.3, 0.4) is 0 Å². The second-order valence-electron chi connectivity index (χ2n) is 10.1. The first-order valence-corrected chi connectivity index (χ1v) is 17.0. The summed E-state index contributed by atoms with van der Waals surface area (Å²) in [7, 11) is -8.80. The lowest BCUT2D eigenvalue weighted by Gasteiger charge is -2.26. The van der Waals surface area contributed by atoms with E-state index in [0.29, 0.717) is 52.4 Å². The minimum atomic E-state index is -4.40. The highest BCUT2D eigenvalue weighted by Gasteiger charge is 2.35. The Morgan fingerprint density at radius 3 is 2.05 bits per heavy atom. The predicted molar refractivity (Wildman–Crippen MR) is 164 cm³/mol. The SMILES string of the molecule is O=C(NCCN1CCOCC1)c1cccc(-n2cc(N(S(=O)(=O)Cc3ccccc3)S(=O)(=O)Cc3ccccc3)cn2)c1. The van der Waals surface area contributed by atoms with Gasteiger partial charge in [-0.25, -0.2) is 21.5 Å². The molecule has 43 heavy (non-hydrogen) atoms. The summed E-state index contributed by atoms with van der Waals surface area (Å²) in [6, 6.07) is 23.4. The van der Waals surface area contributed by atoms with Gasteiger partial charge in [0.2, 0.25) is 0 Å². The Hall–Kier alpha value is -4.04. The Bertz CT molecular complexity index is 1670. The van der Waals surface area contributed by atoms with E-state index < -0.39 is 31.6 Å². The number of hydrogen-bond donors (Lipinski definition) is 1. The summed E-state index contributed by atoms with van der Waals surface area (Å²) in [5, 5.41) is 7.18. The van der Waals surface area contributed by atoms with Crippen molar-refractivity contribution >= 4 is 31.6 Å². The first kappa shape index (κ1) is 30.4. The highest BCUT2D eigenvalue weighted by molar-refractivity contribution is 8.09. The zero-order valence-electron chi connectivity index (χ0n) is 23.4. The number of ether oxygens (including phenoxy) is 1. The Morgan fingerprint density at radius 2 is 1.44 bits per heavy atom. The van der Waals surface area contributed by atoms with Crippen LogP contribution in [0.1, 0.15) is 21.5 Å². The van der Waals surface area contributed by atoms with Gasteiger partial charge in [0.05, 0.1) is 42.8 Å². The molecule has 11 nitrogen and oxygen atoms in total. The maximum absolute atomic E-state index is 13.7. The van der Waals surface area contributed by atoms with Crippen LogP contribution >= 0.6 is 0 Å². The maximum Gasteiger partial charge on any atom is 0.252 e. The van der Waals surface area contributed by atoms with Crippen LogP contribution in [0, 0.1) is 0 Å². The number of nitrogens with one attached hydrogen (secondary N) is 1. The fourth-order valence-electron chi connectivity index (χ4n) is 4.77. The van der Waals surface area contributed by atoms with Crippen molar-refractivity contribution in [2.45, 2.75) is 11.5 Å². The zero-order valence-corrected chi connectivity index (χ0v) is 25.1. The van der Waals surface area contributed by atoms with E-state index in [1.807, 2.05) is 0 Å². The van der Waals surface area contributed by atoms with Crippen LogP contribution in [-0.4, -0.2) is 76.8 Å². The molecule has 1 fully saturated rings. The molecule has 3 aromatic carbocycles. The summed E-state index contributed by atoms with van der Waals surface area (Å²) < 4.78 is 61.9. The molecule has 4 aromatic rings. The molecule has 0 radical (unpaired) electrons. The number of anilines is 1. The van der Waals surface area contributed by atoms with E-state index in [2.05, 4.69) is 15.3 Å². The third kappa shape index (κ3) is 7.87. The summed E-state index contributed by atoms with van der Waals surface area (Å²) in [4.78, 5) is 15.1. The van der Waals surface area contributed by atoms with Crippen LogP contribution < -0.4 is 9.03 Å². The molecule has 0 saturated carbocycles. The minimum Gasteiger partial charge on any atom is -0.379 e. The van der Waals surface area contributed by atoms with Crippen LogP contribution in [-0.2, 0) is 36.3 Å². The number of morpholine rings is 1. The lowest BCUT2D eigenvalue weighted by atomic mass is 10.2. The molecule has 1 N–H and O–H groups in total. The van der Waals surface area contributed by atoms with Gasteiger partial charge in [0, 0.05) is 31.7 Å². The standard InChI is InChI=1S/C30H33N5O6S2/c36-30(31-14-15-33-16-18-41-19-17-33)27-12-7-13-28(20-27)34-22-29(21-32-34)35(42(37,38)23-25-8-3-1-4-9-25)43(39,40)24-26-10-5-2-6-11-26/h1-13,20-22H,14-19,23-24H2,(H,31,36). The molecule has 1 saturated heterocycles. The van der Waals surface area contributed by atoms with Crippen LogP contribution in [0.5, 0.6) is 0 Å². The van der Waals surface area contributed by atoms with Crippen molar-refractivity contribution in [3.8, 4) is 5.69 Å². The van der Waals surface area contributed by atoms with Gasteiger partial charge >= 0.3 is 0 Å². The second kappa shape index (κ2) is 13.5. The molecular formula is C30H33N5O6S2. The van der Waals surface area contributed by atoms with Gasteiger partial charge < -0.3 is 10.1 Å². The van der Waals surface area contributed by atoms with E-state index in [0.717, 1.165) is 13.1 Å². The van der Waals surface area contributed by atoms with E-state index in [-0.39, 0.29) is 11.6 Å². The Balaban J connectivity index is 1.39. The topological polar surface area (TPSA) is 131 Å². The molecule has 13 heteroatoms. The van der Waals surface area contributed by atoms with Gasteiger partial charge in [0.15, 0.2) is 0 Å². The molecule has 1 aliphatic heterocycles. The van der Waals surface area contributed by atoms with Crippen molar-refractivity contribution in [3.05, 3.63) is 114 Å². The average molecular weight is 624 g/mol. The smallest absolute Gasteiger partial charge is 0.252 e. The summed E-state index contributed by atoms with van der Waals surface area (Å²) in [5.74, 6) is -1.31. The summed E-state index contributed by atoms with van der Waals surface area (Å²) in [6.07, 6.45) is 2.53. The normalized spacial score (nSPS) is 14.3. The molecule has 226 valence electrons. The molecule has 1 aliphatic rings. The third-order valence-electron chi connectivity index (χ3n) is 6.86. The number of benzene rings is 3. The average Bonchev–Trinajstić information content (AvgIpc) is 3.47. The number of carbonyl (C=O) groups is 1. The third-order valence-corrected chi connectivity index (χ3v) is 11.1. The number of amides is 1. The molecule has 0 spiro atoms. The largest absolute Gasteiger partial charge is 0.379 e. The lowest BCUT2D eigenvalue weighted by Crippen LogP contribution is -2.41. The predicted octanol–water partition coefficient (Wildman–Crippen LogP) is 2.80. The van der Waals surface area contributed by atoms with Gasteiger partial charge in [0.1, 0.15) is 5.69 Å². The summed E-state index contributed by atoms with van der Waals surface area (Å²) >= 11 is 0. The first-order chi connectivity index (χ1) is 20.7. The van der Waals surface area contributed by atoms with E-state index in [1.54, 1.807) is 84.9 Å². The number of sulfonamides is 2. The van der Waals surface area contributed by atoms with Gasteiger partial charge in [-0.3, -0.25) is 9.69 Å². The Kier molecular flexibility index (Phi) is 9.56. The highest BCUT2D eigenvalue weighted by atomic mass is 32.3. The molecular weight excluding hydrogens is 590 g/mol. The maximum atomic E-state index is 13.7. The monoisotopic (exact) mass is 623 g/mol. The second-order valence-corrected chi connectivity index (χ2v) is 14.0. The molecule has 0 bridgehead atoms. The quantitative estimate of drug-likeness (QED) is 0.255. The van der Waals surface area contributed by atoms with E-state index in [1.165, 1.54) is 17.1 Å². The van der Waals surface area contributed by atoms with Gasteiger partial charge in [0.25, 0.3) is 26.0 Å². The Labute approximate surface area is 251 Å². The highest BCUT2D eigenvalue weighted by Crippen LogP contribution is 2.27. The number of nitrogens with zero attached hydrogens (tertiary/aromatic N) is 4. The number of carbonyl (C=O) groups excluding carboxylic acids is 1. The van der Waals surface area contributed by atoms with E-state index in [4.69, 9.17) is 4.74 Å². The molecule has 2 heterocycles. The zero-order chi connectivity index (χ0) is 30.3. The number of rotatable bonds is 12. The first-order valence-electron chi connectivity index (χ1n) is 13.8.